The van der Waals surface area contributed by atoms with Crippen LogP contribution in [0.5, 0.6) is 0 Å². The van der Waals surface area contributed by atoms with E-state index in [1.807, 2.05) is 11.3 Å². The van der Waals surface area contributed by atoms with Crippen molar-refractivity contribution in [3.63, 3.8) is 0 Å². The number of hydrogen-bond donors (Lipinski definition) is 3. The van der Waals surface area contributed by atoms with Gasteiger partial charge in [-0.2, -0.15) is 50.9 Å². The van der Waals surface area contributed by atoms with Gasteiger partial charge in [-0.25, -0.2) is 14.4 Å². The molecule has 2 saturated heterocycles. The van der Waals surface area contributed by atoms with Gasteiger partial charge < -0.3 is 20.2 Å². The molecule has 238 valence electrons. The number of carboxylic acids is 3. The molecule has 0 aliphatic carbocycles. The maximum Gasteiger partial charge on any atom is 0.490 e. The first-order valence-electron chi connectivity index (χ1n) is 11.5. The minimum Gasteiger partial charge on any atom is -0.475 e. The lowest BCUT2D eigenvalue weighted by Crippen LogP contribution is -2.46. The Kier molecular flexibility index (Phi) is 15.1. The molecule has 0 unspecified atom stereocenters. The number of likely N-dealkylation sites (tertiary alicyclic amines) is 2. The Balaban J connectivity index is 0.000000631. The summed E-state index contributed by atoms with van der Waals surface area (Å²) in [4.78, 5) is 34.3. The normalized spacial score (nSPS) is 21.3. The minimum absolute atomic E-state index is 0.751. The highest BCUT2D eigenvalue weighted by Gasteiger charge is 2.42. The van der Waals surface area contributed by atoms with Crippen molar-refractivity contribution in [3.05, 3.63) is 22.4 Å². The van der Waals surface area contributed by atoms with Crippen LogP contribution in [0.1, 0.15) is 18.4 Å². The Morgan fingerprint density at radius 1 is 0.927 bits per heavy atom. The summed E-state index contributed by atoms with van der Waals surface area (Å²) in [6.45, 7) is 4.90. The number of alkyl halides is 9. The summed E-state index contributed by atoms with van der Waals surface area (Å²) in [6.07, 6.45) is -12.5. The van der Waals surface area contributed by atoms with Gasteiger partial charge in [0.15, 0.2) is 0 Å². The Labute approximate surface area is 232 Å². The van der Waals surface area contributed by atoms with Crippen LogP contribution in [0.2, 0.25) is 0 Å². The zero-order valence-corrected chi connectivity index (χ0v) is 22.7. The van der Waals surface area contributed by atoms with E-state index >= 15 is 0 Å². The van der Waals surface area contributed by atoms with Gasteiger partial charge in [0.05, 0.1) is 0 Å². The number of likely N-dealkylation sites (N-methyl/N-ethyl adjacent to an activating group) is 2. The fourth-order valence-electron chi connectivity index (χ4n) is 4.06. The second-order valence-corrected chi connectivity index (χ2v) is 9.99. The highest BCUT2D eigenvalue weighted by molar-refractivity contribution is 7.07. The highest BCUT2D eigenvalue weighted by atomic mass is 32.1. The van der Waals surface area contributed by atoms with Crippen LogP contribution in [0.4, 0.5) is 39.5 Å². The molecule has 3 rings (SSSR count). The molecule has 0 aromatic carbocycles. The van der Waals surface area contributed by atoms with Crippen molar-refractivity contribution in [1.29, 1.82) is 0 Å². The molecule has 2 aliphatic rings. The third kappa shape index (κ3) is 15.2. The molecular weight excluding hydrogens is 605 g/mol. The first-order valence-corrected chi connectivity index (χ1v) is 12.4. The molecule has 2 aliphatic heterocycles. The molecule has 1 aromatic heterocycles. The fraction of sp³-hybridized carbons (Fsp3) is 0.682. The van der Waals surface area contributed by atoms with E-state index in [-0.39, 0.29) is 0 Å². The Morgan fingerprint density at radius 3 is 1.71 bits per heavy atom. The van der Waals surface area contributed by atoms with Gasteiger partial charge in [-0.1, -0.05) is 0 Å². The second kappa shape index (κ2) is 16.1. The zero-order valence-electron chi connectivity index (χ0n) is 21.9. The molecule has 3 atom stereocenters. The quantitative estimate of drug-likeness (QED) is 0.420. The van der Waals surface area contributed by atoms with Gasteiger partial charge in [-0.05, 0) is 68.8 Å². The number of carboxylic acid groups (broad SMARTS) is 3. The second-order valence-electron chi connectivity index (χ2n) is 9.21. The minimum atomic E-state index is -5.08. The molecule has 3 N–H and O–H groups in total. The molecule has 9 nitrogen and oxygen atoms in total. The van der Waals surface area contributed by atoms with Crippen molar-refractivity contribution in [2.24, 2.45) is 5.92 Å². The van der Waals surface area contributed by atoms with Gasteiger partial charge in [0.1, 0.15) is 0 Å². The number of piperidine rings is 1. The average Bonchev–Trinajstić information content (AvgIpc) is 3.40. The van der Waals surface area contributed by atoms with Crippen LogP contribution in [0.15, 0.2) is 16.8 Å². The summed E-state index contributed by atoms with van der Waals surface area (Å²) in [5, 5.41) is 25.9. The zero-order chi connectivity index (χ0) is 32.3. The number of aliphatic carboxylic acids is 3. The number of nitrogens with zero attached hydrogens (tertiary/aromatic N) is 3. The van der Waals surface area contributed by atoms with E-state index in [9.17, 15) is 39.5 Å². The highest BCUT2D eigenvalue weighted by Crippen LogP contribution is 2.35. The lowest BCUT2D eigenvalue weighted by molar-refractivity contribution is -0.193. The van der Waals surface area contributed by atoms with Crippen LogP contribution >= 0.6 is 11.3 Å². The average molecular weight is 636 g/mol. The number of hydrogen-bond acceptors (Lipinski definition) is 7. The van der Waals surface area contributed by atoms with Crippen LogP contribution in [0.25, 0.3) is 0 Å². The third-order valence-corrected chi connectivity index (χ3v) is 6.47. The summed E-state index contributed by atoms with van der Waals surface area (Å²) in [5.41, 5.74) is 1.49. The van der Waals surface area contributed by atoms with E-state index in [4.69, 9.17) is 29.7 Å². The lowest BCUT2D eigenvalue weighted by atomic mass is 9.92. The molecule has 19 heteroatoms. The van der Waals surface area contributed by atoms with Gasteiger partial charge >= 0.3 is 36.4 Å². The first-order chi connectivity index (χ1) is 18.5. The molecular formula is C22H30F9N3O6S. The maximum atomic E-state index is 10.6. The number of thiophene rings is 1. The van der Waals surface area contributed by atoms with Crippen molar-refractivity contribution in [3.8, 4) is 0 Å². The molecule has 0 spiro atoms. The topological polar surface area (TPSA) is 122 Å². The van der Waals surface area contributed by atoms with Gasteiger partial charge in [-0.3, -0.25) is 9.80 Å². The van der Waals surface area contributed by atoms with E-state index in [0.29, 0.717) is 0 Å². The van der Waals surface area contributed by atoms with Crippen molar-refractivity contribution < 1.29 is 69.2 Å². The molecule has 0 amide bonds. The summed E-state index contributed by atoms with van der Waals surface area (Å²) in [7, 11) is 6.73. The third-order valence-electron chi connectivity index (χ3n) is 5.74. The summed E-state index contributed by atoms with van der Waals surface area (Å²) in [6, 6.07) is 3.84. The molecule has 2 fully saturated rings. The van der Waals surface area contributed by atoms with E-state index in [1.165, 1.54) is 38.0 Å². The number of halogens is 9. The largest absolute Gasteiger partial charge is 0.490 e. The predicted octanol–water partition coefficient (Wildman–Crippen LogP) is 4.10. The van der Waals surface area contributed by atoms with Crippen molar-refractivity contribution in [2.45, 2.75) is 50.0 Å². The fourth-order valence-corrected chi connectivity index (χ4v) is 4.72. The van der Waals surface area contributed by atoms with Gasteiger partial charge in [-0.15, -0.1) is 0 Å². The number of rotatable bonds is 4. The van der Waals surface area contributed by atoms with Crippen LogP contribution in [0.3, 0.4) is 0 Å². The van der Waals surface area contributed by atoms with Crippen molar-refractivity contribution >= 4 is 29.2 Å². The summed E-state index contributed by atoms with van der Waals surface area (Å²) in [5.74, 6) is -7.40. The van der Waals surface area contributed by atoms with Gasteiger partial charge in [0.25, 0.3) is 0 Å². The molecule has 0 bridgehead atoms. The molecule has 1 aromatic rings. The van der Waals surface area contributed by atoms with Crippen LogP contribution in [-0.4, -0.2) is 119 Å². The predicted molar refractivity (Wildman–Crippen MR) is 127 cm³/mol. The molecule has 0 saturated carbocycles. The Hall–Kier alpha value is -2.64. The van der Waals surface area contributed by atoms with Crippen molar-refractivity contribution in [2.75, 3.05) is 40.8 Å². The molecule has 0 radical (unpaired) electrons. The van der Waals surface area contributed by atoms with E-state index in [2.05, 4.69) is 52.7 Å². The van der Waals surface area contributed by atoms with Crippen LogP contribution in [0, 0.1) is 5.92 Å². The SMILES string of the molecule is CN(C)C[C@@H]1C[C@@H]2CN(Cc3ccsc3)CC[C@@H]2N1C.O=C(O)C(F)(F)F.O=C(O)C(F)(F)F.O=C(O)C(F)(F)F. The lowest BCUT2D eigenvalue weighted by Gasteiger charge is -2.37. The van der Waals surface area contributed by atoms with E-state index < -0.39 is 36.4 Å². The molecule has 41 heavy (non-hydrogen) atoms. The molecule has 3 heterocycles. The monoisotopic (exact) mass is 635 g/mol. The number of fused-ring (bicyclic) bond motifs is 1. The van der Waals surface area contributed by atoms with E-state index in [1.54, 1.807) is 0 Å². The first kappa shape index (κ1) is 38.4. The maximum absolute atomic E-state index is 10.6. The Morgan fingerprint density at radius 2 is 1.37 bits per heavy atom. The van der Waals surface area contributed by atoms with Gasteiger partial charge in [0.2, 0.25) is 0 Å². The smallest absolute Gasteiger partial charge is 0.475 e. The standard InChI is InChI=1S/C16H27N3S.3C2HF3O2/c1-17(2)11-15-8-14-10-19(6-4-16(14)18(15)3)9-13-5-7-20-12-13;3*3-2(4,5)1(6)7/h5,7,12,14-16H,4,6,8-11H2,1-3H3;3*(H,6,7)/t14-,15+,16+;;;/m1.../s1. The number of carbonyl (C=O) groups is 3. The van der Waals surface area contributed by atoms with E-state index in [0.717, 1.165) is 24.5 Å². The summed E-state index contributed by atoms with van der Waals surface area (Å²) >= 11 is 1.81. The summed E-state index contributed by atoms with van der Waals surface area (Å²) < 4.78 is 95.2. The van der Waals surface area contributed by atoms with Crippen molar-refractivity contribution in [1.82, 2.24) is 14.7 Å². The Bertz CT molecular complexity index is 899. The van der Waals surface area contributed by atoms with Crippen LogP contribution < -0.4 is 0 Å². The van der Waals surface area contributed by atoms with Gasteiger partial charge in [0, 0.05) is 31.7 Å². The van der Waals surface area contributed by atoms with Crippen LogP contribution in [-0.2, 0) is 20.9 Å².